The molecule has 0 amide bonds. The normalized spacial score (nSPS) is 19.8. The standard InChI is InChI=1S/C13H16N2/c1-7-3-8(2)13-11(4-7)10-5-9(14)6-12(10)15-13/h3-4,9,15H,5-6,14H2,1-2H3. The summed E-state index contributed by atoms with van der Waals surface area (Å²) in [5.74, 6) is 0. The van der Waals surface area contributed by atoms with Crippen molar-refractivity contribution in [3.8, 4) is 0 Å². The Balaban J connectivity index is 2.34. The predicted octanol–water partition coefficient (Wildman–Crippen LogP) is 2.21. The van der Waals surface area contributed by atoms with E-state index < -0.39 is 0 Å². The second-order valence-corrected chi connectivity index (χ2v) is 4.75. The molecule has 1 unspecified atom stereocenters. The maximum absolute atomic E-state index is 5.98. The van der Waals surface area contributed by atoms with Gasteiger partial charge in [-0.1, -0.05) is 11.6 Å². The molecule has 3 N–H and O–H groups in total. The van der Waals surface area contributed by atoms with E-state index in [0.717, 1.165) is 12.8 Å². The van der Waals surface area contributed by atoms with Gasteiger partial charge < -0.3 is 10.7 Å². The fourth-order valence-electron chi connectivity index (χ4n) is 2.76. The summed E-state index contributed by atoms with van der Waals surface area (Å²) in [7, 11) is 0. The summed E-state index contributed by atoms with van der Waals surface area (Å²) < 4.78 is 0. The van der Waals surface area contributed by atoms with E-state index in [-0.39, 0.29) is 0 Å². The van der Waals surface area contributed by atoms with Crippen molar-refractivity contribution in [2.24, 2.45) is 5.73 Å². The molecule has 15 heavy (non-hydrogen) atoms. The molecule has 1 heterocycles. The van der Waals surface area contributed by atoms with E-state index in [9.17, 15) is 0 Å². The van der Waals surface area contributed by atoms with Crippen LogP contribution in [0.25, 0.3) is 10.9 Å². The van der Waals surface area contributed by atoms with E-state index in [0.29, 0.717) is 6.04 Å². The Hall–Kier alpha value is -1.28. The van der Waals surface area contributed by atoms with Gasteiger partial charge in [0.2, 0.25) is 0 Å². The summed E-state index contributed by atoms with van der Waals surface area (Å²) in [4.78, 5) is 3.52. The smallest absolute Gasteiger partial charge is 0.0488 e. The number of rotatable bonds is 0. The highest BCUT2D eigenvalue weighted by molar-refractivity contribution is 5.88. The third-order valence-corrected chi connectivity index (χ3v) is 3.38. The minimum atomic E-state index is 0.316. The lowest BCUT2D eigenvalue weighted by atomic mass is 10.0. The molecule has 0 spiro atoms. The summed E-state index contributed by atoms with van der Waals surface area (Å²) in [6, 6.07) is 4.82. The van der Waals surface area contributed by atoms with E-state index in [1.165, 1.54) is 33.3 Å². The van der Waals surface area contributed by atoms with Crippen LogP contribution in [0.15, 0.2) is 12.1 Å². The first-order valence-electron chi connectivity index (χ1n) is 5.51. The summed E-state index contributed by atoms with van der Waals surface area (Å²) >= 11 is 0. The van der Waals surface area contributed by atoms with Crippen molar-refractivity contribution >= 4 is 10.9 Å². The number of benzene rings is 1. The number of aromatic nitrogens is 1. The Morgan fingerprint density at radius 2 is 2.07 bits per heavy atom. The van der Waals surface area contributed by atoms with E-state index in [1.807, 2.05) is 0 Å². The van der Waals surface area contributed by atoms with Gasteiger partial charge in [0.1, 0.15) is 0 Å². The Bertz CT molecular complexity index is 537. The molecule has 0 radical (unpaired) electrons. The minimum absolute atomic E-state index is 0.316. The Morgan fingerprint density at radius 1 is 1.27 bits per heavy atom. The fraction of sp³-hybridized carbons (Fsp3) is 0.385. The number of hydrogen-bond donors (Lipinski definition) is 2. The Labute approximate surface area is 89.5 Å². The SMILES string of the molecule is Cc1cc(C)c2[nH]c3c(c2c1)CC(N)C3. The van der Waals surface area contributed by atoms with Crippen molar-refractivity contribution in [1.82, 2.24) is 4.98 Å². The van der Waals surface area contributed by atoms with E-state index >= 15 is 0 Å². The number of aryl methyl sites for hydroxylation is 2. The first kappa shape index (κ1) is 8.98. The lowest BCUT2D eigenvalue weighted by Gasteiger charge is -2.03. The molecule has 1 aromatic carbocycles. The van der Waals surface area contributed by atoms with E-state index in [2.05, 4.69) is 31.0 Å². The van der Waals surface area contributed by atoms with Gasteiger partial charge in [-0.15, -0.1) is 0 Å². The van der Waals surface area contributed by atoms with Crippen molar-refractivity contribution in [3.63, 3.8) is 0 Å². The van der Waals surface area contributed by atoms with E-state index in [4.69, 9.17) is 5.73 Å². The predicted molar refractivity (Wildman–Crippen MR) is 63.2 cm³/mol. The van der Waals surface area contributed by atoms with Crippen molar-refractivity contribution in [2.75, 3.05) is 0 Å². The maximum Gasteiger partial charge on any atom is 0.0488 e. The zero-order valence-corrected chi connectivity index (χ0v) is 9.22. The van der Waals surface area contributed by atoms with Crippen LogP contribution in [0.3, 0.4) is 0 Å². The highest BCUT2D eigenvalue weighted by Gasteiger charge is 2.23. The van der Waals surface area contributed by atoms with Crippen molar-refractivity contribution in [2.45, 2.75) is 32.7 Å². The monoisotopic (exact) mass is 200 g/mol. The van der Waals surface area contributed by atoms with Crippen LogP contribution in [0.5, 0.6) is 0 Å². The van der Waals surface area contributed by atoms with Gasteiger partial charge in [0, 0.05) is 29.1 Å². The van der Waals surface area contributed by atoms with Gasteiger partial charge in [0.05, 0.1) is 0 Å². The topological polar surface area (TPSA) is 41.8 Å². The number of hydrogen-bond acceptors (Lipinski definition) is 1. The summed E-state index contributed by atoms with van der Waals surface area (Å²) in [6.07, 6.45) is 2.03. The quantitative estimate of drug-likeness (QED) is 0.672. The second kappa shape index (κ2) is 2.86. The van der Waals surface area contributed by atoms with Gasteiger partial charge in [0.25, 0.3) is 0 Å². The number of aromatic amines is 1. The van der Waals surface area contributed by atoms with Gasteiger partial charge in [0.15, 0.2) is 0 Å². The van der Waals surface area contributed by atoms with Gasteiger partial charge in [-0.2, -0.15) is 0 Å². The highest BCUT2D eigenvalue weighted by atomic mass is 14.8. The average molecular weight is 200 g/mol. The van der Waals surface area contributed by atoms with Crippen molar-refractivity contribution in [1.29, 1.82) is 0 Å². The zero-order valence-electron chi connectivity index (χ0n) is 9.22. The summed E-state index contributed by atoms with van der Waals surface area (Å²) in [5, 5.41) is 1.38. The van der Waals surface area contributed by atoms with Crippen LogP contribution < -0.4 is 5.73 Å². The molecule has 1 atom stereocenters. The molecule has 0 saturated heterocycles. The molecular formula is C13H16N2. The van der Waals surface area contributed by atoms with E-state index in [1.54, 1.807) is 0 Å². The van der Waals surface area contributed by atoms with Crippen LogP contribution in [0.4, 0.5) is 0 Å². The van der Waals surface area contributed by atoms with Gasteiger partial charge in [-0.25, -0.2) is 0 Å². The molecule has 0 fully saturated rings. The average Bonchev–Trinajstić information content (AvgIpc) is 2.63. The van der Waals surface area contributed by atoms with Crippen LogP contribution in [0.1, 0.15) is 22.4 Å². The number of nitrogens with two attached hydrogens (primary N) is 1. The molecule has 1 aliphatic carbocycles. The molecular weight excluding hydrogens is 184 g/mol. The third kappa shape index (κ3) is 1.21. The zero-order chi connectivity index (χ0) is 10.6. The van der Waals surface area contributed by atoms with Crippen LogP contribution in [0, 0.1) is 13.8 Å². The fourth-order valence-corrected chi connectivity index (χ4v) is 2.76. The number of H-pyrrole nitrogens is 1. The van der Waals surface area contributed by atoms with Crippen LogP contribution in [0.2, 0.25) is 0 Å². The molecule has 0 saturated carbocycles. The van der Waals surface area contributed by atoms with Gasteiger partial charge in [-0.3, -0.25) is 0 Å². The van der Waals surface area contributed by atoms with Crippen LogP contribution >= 0.6 is 0 Å². The Morgan fingerprint density at radius 3 is 2.87 bits per heavy atom. The first-order valence-corrected chi connectivity index (χ1v) is 5.51. The van der Waals surface area contributed by atoms with Crippen LogP contribution in [-0.4, -0.2) is 11.0 Å². The number of fused-ring (bicyclic) bond motifs is 3. The molecule has 3 rings (SSSR count). The van der Waals surface area contributed by atoms with Gasteiger partial charge in [-0.05, 0) is 37.5 Å². The molecule has 1 aliphatic rings. The second-order valence-electron chi connectivity index (χ2n) is 4.75. The molecule has 0 aliphatic heterocycles. The molecule has 2 heteroatoms. The molecule has 0 bridgehead atoms. The molecule has 2 aromatic rings. The number of nitrogens with one attached hydrogen (secondary N) is 1. The summed E-state index contributed by atoms with van der Waals surface area (Å²) in [6.45, 7) is 4.32. The lowest BCUT2D eigenvalue weighted by Crippen LogP contribution is -2.19. The molecule has 78 valence electrons. The molecule has 2 nitrogen and oxygen atoms in total. The van der Waals surface area contributed by atoms with Crippen LogP contribution in [-0.2, 0) is 12.8 Å². The van der Waals surface area contributed by atoms with Crippen molar-refractivity contribution in [3.05, 3.63) is 34.5 Å². The first-order chi connectivity index (χ1) is 7.15. The largest absolute Gasteiger partial charge is 0.358 e. The highest BCUT2D eigenvalue weighted by Crippen LogP contribution is 2.31. The lowest BCUT2D eigenvalue weighted by molar-refractivity contribution is 0.716. The van der Waals surface area contributed by atoms with Gasteiger partial charge >= 0.3 is 0 Å². The summed E-state index contributed by atoms with van der Waals surface area (Å²) in [5.41, 5.74) is 12.8. The van der Waals surface area contributed by atoms with Crippen molar-refractivity contribution < 1.29 is 0 Å². The maximum atomic E-state index is 5.98. The minimum Gasteiger partial charge on any atom is -0.358 e. The Kier molecular flexibility index (Phi) is 1.71. The molecule has 1 aromatic heterocycles. The third-order valence-electron chi connectivity index (χ3n) is 3.38.